The van der Waals surface area contributed by atoms with Crippen molar-refractivity contribution in [3.63, 3.8) is 0 Å². The van der Waals surface area contributed by atoms with Crippen molar-refractivity contribution in [2.24, 2.45) is 0 Å². The third kappa shape index (κ3) is 3.86. The highest BCUT2D eigenvalue weighted by Crippen LogP contribution is 2.18. The van der Waals surface area contributed by atoms with E-state index in [1.165, 1.54) is 6.20 Å². The van der Waals surface area contributed by atoms with Gasteiger partial charge in [-0.05, 0) is 6.92 Å². The first kappa shape index (κ1) is 14.7. The second-order valence-corrected chi connectivity index (χ2v) is 4.34. The van der Waals surface area contributed by atoms with Gasteiger partial charge in [0.1, 0.15) is 11.6 Å². The predicted molar refractivity (Wildman–Crippen MR) is 82.2 cm³/mol. The molecule has 0 aliphatic carbocycles. The highest BCUT2D eigenvalue weighted by molar-refractivity contribution is 5.85. The Balaban J connectivity index is 2.20. The Bertz CT molecular complexity index is 644. The second-order valence-electron chi connectivity index (χ2n) is 4.34. The lowest BCUT2D eigenvalue weighted by atomic mass is 10.2. The number of aromatic nitrogens is 3. The van der Waals surface area contributed by atoms with Gasteiger partial charge in [0.2, 0.25) is 5.95 Å². The molecule has 0 aliphatic rings. The molecule has 0 spiro atoms. The van der Waals surface area contributed by atoms with Crippen LogP contribution in [0.5, 0.6) is 0 Å². The molecule has 8 heteroatoms. The summed E-state index contributed by atoms with van der Waals surface area (Å²) in [4.78, 5) is 12.6. The Morgan fingerprint density at radius 1 is 1.33 bits per heavy atom. The average molecular weight is 287 g/mol. The molecule has 2 aromatic rings. The minimum absolute atomic E-state index is 0.00321. The number of rotatable bonds is 6. The van der Waals surface area contributed by atoms with Gasteiger partial charge < -0.3 is 26.9 Å². The molecule has 21 heavy (non-hydrogen) atoms. The summed E-state index contributed by atoms with van der Waals surface area (Å²) in [5.41, 5.74) is 7.61. The van der Waals surface area contributed by atoms with Gasteiger partial charge in [-0.2, -0.15) is 4.98 Å². The predicted octanol–water partition coefficient (Wildman–Crippen LogP) is 0.908. The molecular formula is C13H17N7O. The zero-order valence-corrected chi connectivity index (χ0v) is 11.6. The zero-order chi connectivity index (χ0) is 15.2. The topological polar surface area (TPSA) is 133 Å². The molecule has 0 unspecified atom stereocenters. The van der Waals surface area contributed by atoms with Crippen molar-refractivity contribution in [1.29, 1.82) is 5.41 Å². The fourth-order valence-electron chi connectivity index (χ4n) is 1.68. The van der Waals surface area contributed by atoms with Gasteiger partial charge in [-0.25, -0.2) is 9.97 Å². The van der Waals surface area contributed by atoms with Crippen LogP contribution in [-0.2, 0) is 0 Å². The number of nitrogens with one attached hydrogen (secondary N) is 3. The van der Waals surface area contributed by atoms with Gasteiger partial charge in [-0.1, -0.05) is 0 Å². The van der Waals surface area contributed by atoms with E-state index in [4.69, 9.17) is 16.2 Å². The summed E-state index contributed by atoms with van der Waals surface area (Å²) >= 11 is 0. The molecule has 0 radical (unpaired) electrons. The molecule has 0 saturated heterocycles. The number of aliphatic hydroxyl groups is 1. The number of nitrogens with two attached hydrogens (primary N) is 1. The molecule has 0 bridgehead atoms. The van der Waals surface area contributed by atoms with Crippen molar-refractivity contribution in [2.75, 3.05) is 29.5 Å². The van der Waals surface area contributed by atoms with Crippen LogP contribution in [0.3, 0.4) is 0 Å². The van der Waals surface area contributed by atoms with Crippen molar-refractivity contribution in [3.8, 4) is 0 Å². The van der Waals surface area contributed by atoms with Crippen LogP contribution in [0.25, 0.3) is 0 Å². The van der Waals surface area contributed by atoms with E-state index < -0.39 is 0 Å². The molecule has 2 aromatic heterocycles. The Labute approximate surface area is 122 Å². The minimum atomic E-state index is 0.00321. The molecule has 0 fully saturated rings. The lowest BCUT2D eigenvalue weighted by Gasteiger charge is -2.09. The number of hydrogen-bond donors (Lipinski definition) is 5. The minimum Gasteiger partial charge on any atom is -0.398 e. The highest BCUT2D eigenvalue weighted by atomic mass is 16.3. The van der Waals surface area contributed by atoms with E-state index in [2.05, 4.69) is 25.6 Å². The Morgan fingerprint density at radius 2 is 2.14 bits per heavy atom. The van der Waals surface area contributed by atoms with Crippen LogP contribution < -0.4 is 16.4 Å². The summed E-state index contributed by atoms with van der Waals surface area (Å²) in [7, 11) is 0. The first-order valence-corrected chi connectivity index (χ1v) is 6.36. The van der Waals surface area contributed by atoms with Crippen molar-refractivity contribution in [3.05, 3.63) is 29.6 Å². The van der Waals surface area contributed by atoms with E-state index >= 15 is 0 Å². The maximum atomic E-state index is 8.81. The number of pyridine rings is 1. The molecule has 2 heterocycles. The van der Waals surface area contributed by atoms with Crippen LogP contribution in [0, 0.1) is 12.3 Å². The van der Waals surface area contributed by atoms with Crippen LogP contribution in [0.4, 0.5) is 23.3 Å². The van der Waals surface area contributed by atoms with Crippen LogP contribution in [-0.4, -0.2) is 39.4 Å². The molecule has 0 aromatic carbocycles. The van der Waals surface area contributed by atoms with Crippen LogP contribution >= 0.6 is 0 Å². The van der Waals surface area contributed by atoms with Gasteiger partial charge in [0.25, 0.3) is 0 Å². The molecule has 0 atom stereocenters. The monoisotopic (exact) mass is 287 g/mol. The lowest BCUT2D eigenvalue weighted by Crippen LogP contribution is -2.10. The summed E-state index contributed by atoms with van der Waals surface area (Å²) in [5.74, 6) is 1.53. The third-order valence-corrected chi connectivity index (χ3v) is 2.63. The summed E-state index contributed by atoms with van der Waals surface area (Å²) in [6, 6.07) is 3.41. The third-order valence-electron chi connectivity index (χ3n) is 2.63. The first-order chi connectivity index (χ1) is 10.1. The Hall–Kier alpha value is -2.74. The normalized spacial score (nSPS) is 10.2. The number of hydrogen-bond acceptors (Lipinski definition) is 8. The number of aryl methyl sites for hydroxylation is 1. The van der Waals surface area contributed by atoms with E-state index in [0.717, 1.165) is 11.9 Å². The van der Waals surface area contributed by atoms with Gasteiger partial charge in [0.15, 0.2) is 0 Å². The van der Waals surface area contributed by atoms with E-state index in [0.29, 0.717) is 35.4 Å². The van der Waals surface area contributed by atoms with Gasteiger partial charge in [0.05, 0.1) is 6.61 Å². The largest absolute Gasteiger partial charge is 0.398 e. The molecule has 0 amide bonds. The highest BCUT2D eigenvalue weighted by Gasteiger charge is 2.05. The number of nitrogen functional groups attached to an aromatic ring is 1. The molecule has 110 valence electrons. The van der Waals surface area contributed by atoms with E-state index in [9.17, 15) is 0 Å². The fraction of sp³-hybridized carbons (Fsp3) is 0.231. The van der Waals surface area contributed by atoms with Crippen LogP contribution in [0.15, 0.2) is 18.3 Å². The quantitative estimate of drug-likeness (QED) is 0.498. The maximum absolute atomic E-state index is 8.81. The van der Waals surface area contributed by atoms with Crippen LogP contribution in [0.2, 0.25) is 0 Å². The Morgan fingerprint density at radius 3 is 2.81 bits per heavy atom. The van der Waals surface area contributed by atoms with Crippen molar-refractivity contribution < 1.29 is 5.11 Å². The number of anilines is 4. The molecule has 8 nitrogen and oxygen atoms in total. The molecule has 0 aliphatic heterocycles. The summed E-state index contributed by atoms with van der Waals surface area (Å²) < 4.78 is 0. The van der Waals surface area contributed by atoms with Gasteiger partial charge >= 0.3 is 0 Å². The average Bonchev–Trinajstić information content (AvgIpc) is 2.45. The number of nitrogens with zero attached hydrogens (tertiary/aromatic N) is 3. The molecule has 2 rings (SSSR count). The standard InChI is InChI=1S/C13H17N7O/c1-8-4-12(20-13(18-8)16-2-3-21)19-11-5-10(15)9(6-14)7-17-11/h4-7,14,21H,2-3H2,1H3,(H4,15,16,17,18,19,20). The van der Waals surface area contributed by atoms with Crippen molar-refractivity contribution in [2.45, 2.75) is 6.92 Å². The summed E-state index contributed by atoms with van der Waals surface area (Å²) in [6.07, 6.45) is 2.67. The fourth-order valence-corrected chi connectivity index (χ4v) is 1.68. The van der Waals surface area contributed by atoms with Crippen LogP contribution in [0.1, 0.15) is 11.3 Å². The molecule has 0 saturated carbocycles. The van der Waals surface area contributed by atoms with E-state index in [-0.39, 0.29) is 6.61 Å². The van der Waals surface area contributed by atoms with Gasteiger partial charge in [0, 0.05) is 48.0 Å². The molecular weight excluding hydrogens is 270 g/mol. The SMILES string of the molecule is Cc1cc(Nc2cc(N)c(C=N)cn2)nc(NCCO)n1. The van der Waals surface area contributed by atoms with Crippen molar-refractivity contribution >= 4 is 29.5 Å². The first-order valence-electron chi connectivity index (χ1n) is 6.36. The zero-order valence-electron chi connectivity index (χ0n) is 11.6. The Kier molecular flexibility index (Phi) is 4.62. The summed E-state index contributed by atoms with van der Waals surface area (Å²) in [5, 5.41) is 21.9. The lowest BCUT2D eigenvalue weighted by molar-refractivity contribution is 0.311. The van der Waals surface area contributed by atoms with Crippen molar-refractivity contribution in [1.82, 2.24) is 15.0 Å². The summed E-state index contributed by atoms with van der Waals surface area (Å²) in [6.45, 7) is 2.22. The molecule has 6 N–H and O–H groups in total. The van der Waals surface area contributed by atoms with E-state index in [1.54, 1.807) is 12.1 Å². The van der Waals surface area contributed by atoms with E-state index in [1.807, 2.05) is 6.92 Å². The van der Waals surface area contributed by atoms with Gasteiger partial charge in [-0.15, -0.1) is 0 Å². The smallest absolute Gasteiger partial charge is 0.224 e. The van der Waals surface area contributed by atoms with Gasteiger partial charge in [-0.3, -0.25) is 0 Å². The maximum Gasteiger partial charge on any atom is 0.224 e. The number of aliphatic hydroxyl groups excluding tert-OH is 1. The second kappa shape index (κ2) is 6.62.